The van der Waals surface area contributed by atoms with Gasteiger partial charge in [0, 0.05) is 35.9 Å². The van der Waals surface area contributed by atoms with Crippen LogP contribution in [0.25, 0.3) is 21.3 Å². The number of nitrogens with two attached hydrogens (primary N) is 1. The highest BCUT2D eigenvalue weighted by molar-refractivity contribution is 7.18. The van der Waals surface area contributed by atoms with Crippen LogP contribution in [0.2, 0.25) is 0 Å². The number of nitrogens with one attached hydrogen (secondary N) is 1. The molecule has 136 valence electrons. The topological polar surface area (TPSA) is 76.7 Å². The molecule has 2 aromatic carbocycles. The van der Waals surface area contributed by atoms with Crippen molar-refractivity contribution in [2.24, 2.45) is 5.73 Å². The van der Waals surface area contributed by atoms with Gasteiger partial charge in [-0.1, -0.05) is 53.3 Å². The van der Waals surface area contributed by atoms with E-state index in [0.717, 1.165) is 32.9 Å². The Bertz CT molecular complexity index is 1060. The first kappa shape index (κ1) is 17.6. The molecule has 5 nitrogen and oxygen atoms in total. The Morgan fingerprint density at radius 2 is 2.00 bits per heavy atom. The van der Waals surface area contributed by atoms with Gasteiger partial charge >= 0.3 is 0 Å². The fourth-order valence-corrected chi connectivity index (χ4v) is 3.81. The van der Waals surface area contributed by atoms with Gasteiger partial charge in [-0.3, -0.25) is 4.98 Å². The van der Waals surface area contributed by atoms with E-state index in [4.69, 9.17) is 5.73 Å². The third-order valence-corrected chi connectivity index (χ3v) is 5.34. The molecule has 0 saturated carbocycles. The predicted octanol–water partition coefficient (Wildman–Crippen LogP) is 4.04. The number of benzene rings is 2. The van der Waals surface area contributed by atoms with Gasteiger partial charge in [-0.25, -0.2) is 0 Å². The van der Waals surface area contributed by atoms with E-state index in [-0.39, 0.29) is 6.04 Å². The molecule has 2 aromatic heterocycles. The fourth-order valence-electron chi connectivity index (χ4n) is 3.06. The molecule has 0 bridgehead atoms. The number of fused-ring (bicyclic) bond motifs is 1. The predicted molar refractivity (Wildman–Crippen MR) is 112 cm³/mol. The summed E-state index contributed by atoms with van der Waals surface area (Å²) in [5, 5.41) is 15.8. The molecule has 3 N–H and O–H groups in total. The fraction of sp³-hybridized carbons (Fsp3) is 0.190. The maximum absolute atomic E-state index is 6.27. The maximum Gasteiger partial charge on any atom is 0.206 e. The van der Waals surface area contributed by atoms with Gasteiger partial charge in [0.15, 0.2) is 0 Å². The second-order valence-electron chi connectivity index (χ2n) is 6.68. The van der Waals surface area contributed by atoms with E-state index >= 15 is 0 Å². The van der Waals surface area contributed by atoms with Crippen LogP contribution in [0.1, 0.15) is 11.1 Å². The highest BCUT2D eigenvalue weighted by Gasteiger charge is 2.09. The number of aromatic nitrogens is 3. The van der Waals surface area contributed by atoms with Crippen LogP contribution in [-0.4, -0.2) is 27.8 Å². The standard InChI is InChI=1S/C21H21N5S/c1-14-3-2-4-15(9-14)10-19(22)13-24-21-26-25-20(27-21)17-5-6-18-12-23-8-7-16(18)11-17/h2-9,11-12,19H,10,13,22H2,1H3,(H,24,26)/t19-/m0/s1. The first-order valence-electron chi connectivity index (χ1n) is 8.90. The third kappa shape index (κ3) is 4.30. The molecule has 0 aliphatic carbocycles. The average molecular weight is 376 g/mol. The van der Waals surface area contributed by atoms with E-state index in [9.17, 15) is 0 Å². The van der Waals surface area contributed by atoms with E-state index in [1.165, 1.54) is 11.1 Å². The van der Waals surface area contributed by atoms with Crippen molar-refractivity contribution in [3.63, 3.8) is 0 Å². The summed E-state index contributed by atoms with van der Waals surface area (Å²) in [6.45, 7) is 2.76. The van der Waals surface area contributed by atoms with E-state index in [1.807, 2.05) is 12.3 Å². The molecular weight excluding hydrogens is 354 g/mol. The van der Waals surface area contributed by atoms with Crippen LogP contribution < -0.4 is 11.1 Å². The molecule has 1 atom stereocenters. The molecule has 0 saturated heterocycles. The first-order chi connectivity index (χ1) is 13.2. The second kappa shape index (κ2) is 7.82. The molecule has 0 spiro atoms. The number of anilines is 1. The van der Waals surface area contributed by atoms with Gasteiger partial charge in [-0.15, -0.1) is 10.2 Å². The summed E-state index contributed by atoms with van der Waals surface area (Å²) in [6.07, 6.45) is 4.50. The van der Waals surface area contributed by atoms with Crippen LogP contribution in [0.4, 0.5) is 5.13 Å². The van der Waals surface area contributed by atoms with Crippen LogP contribution in [0, 0.1) is 6.92 Å². The lowest BCUT2D eigenvalue weighted by Gasteiger charge is -2.12. The van der Waals surface area contributed by atoms with Gasteiger partial charge < -0.3 is 11.1 Å². The SMILES string of the molecule is Cc1cccc(C[C@H](N)CNc2nnc(-c3ccc4cnccc4c3)s2)c1. The quantitative estimate of drug-likeness (QED) is 0.532. The summed E-state index contributed by atoms with van der Waals surface area (Å²) in [4.78, 5) is 4.15. The number of nitrogens with zero attached hydrogens (tertiary/aromatic N) is 3. The Labute approximate surface area is 162 Å². The van der Waals surface area contributed by atoms with Crippen molar-refractivity contribution in [3.8, 4) is 10.6 Å². The molecule has 4 aromatic rings. The zero-order valence-corrected chi connectivity index (χ0v) is 15.9. The maximum atomic E-state index is 6.27. The highest BCUT2D eigenvalue weighted by atomic mass is 32.1. The number of rotatable bonds is 6. The van der Waals surface area contributed by atoms with Crippen molar-refractivity contribution in [2.75, 3.05) is 11.9 Å². The van der Waals surface area contributed by atoms with Crippen LogP contribution >= 0.6 is 11.3 Å². The zero-order chi connectivity index (χ0) is 18.6. The van der Waals surface area contributed by atoms with Crippen LogP contribution in [-0.2, 0) is 6.42 Å². The Morgan fingerprint density at radius 3 is 2.89 bits per heavy atom. The summed E-state index contributed by atoms with van der Waals surface area (Å²) in [5.74, 6) is 0. The number of pyridine rings is 1. The van der Waals surface area contributed by atoms with Crippen molar-refractivity contribution in [1.29, 1.82) is 0 Å². The summed E-state index contributed by atoms with van der Waals surface area (Å²) in [5.41, 5.74) is 9.84. The molecular formula is C21H21N5S. The molecule has 4 rings (SSSR count). The summed E-state index contributed by atoms with van der Waals surface area (Å²) >= 11 is 1.54. The van der Waals surface area contributed by atoms with Crippen molar-refractivity contribution in [3.05, 3.63) is 72.1 Å². The second-order valence-corrected chi connectivity index (χ2v) is 7.66. The Morgan fingerprint density at radius 1 is 1.07 bits per heavy atom. The Kier molecular flexibility index (Phi) is 5.09. The third-order valence-electron chi connectivity index (χ3n) is 4.41. The lowest BCUT2D eigenvalue weighted by molar-refractivity contribution is 0.698. The normalized spacial score (nSPS) is 12.2. The van der Waals surface area contributed by atoms with Gasteiger partial charge in [0.1, 0.15) is 5.01 Å². The first-order valence-corrected chi connectivity index (χ1v) is 9.72. The van der Waals surface area contributed by atoms with Crippen LogP contribution in [0.15, 0.2) is 60.9 Å². The van der Waals surface area contributed by atoms with Gasteiger partial charge in [0.05, 0.1) is 0 Å². The van der Waals surface area contributed by atoms with Gasteiger partial charge in [0.25, 0.3) is 0 Å². The van der Waals surface area contributed by atoms with E-state index in [0.29, 0.717) is 6.54 Å². The molecule has 0 aliphatic rings. The molecule has 0 radical (unpaired) electrons. The zero-order valence-electron chi connectivity index (χ0n) is 15.1. The lowest BCUT2D eigenvalue weighted by atomic mass is 10.0. The smallest absolute Gasteiger partial charge is 0.206 e. The largest absolute Gasteiger partial charge is 0.359 e. The Hall–Kier alpha value is -2.83. The van der Waals surface area contributed by atoms with Crippen molar-refractivity contribution in [1.82, 2.24) is 15.2 Å². The van der Waals surface area contributed by atoms with Gasteiger partial charge in [0.2, 0.25) is 5.13 Å². The summed E-state index contributed by atoms with van der Waals surface area (Å²) in [6, 6.07) is 16.7. The molecule has 0 amide bonds. The van der Waals surface area contributed by atoms with Gasteiger partial charge in [-0.2, -0.15) is 0 Å². The van der Waals surface area contributed by atoms with Crippen molar-refractivity contribution < 1.29 is 0 Å². The number of hydrogen-bond donors (Lipinski definition) is 2. The summed E-state index contributed by atoms with van der Waals surface area (Å²) < 4.78 is 0. The minimum absolute atomic E-state index is 0.0207. The molecule has 0 fully saturated rings. The molecule has 27 heavy (non-hydrogen) atoms. The lowest BCUT2D eigenvalue weighted by Crippen LogP contribution is -2.31. The van der Waals surface area contributed by atoms with E-state index in [1.54, 1.807) is 17.5 Å². The number of aryl methyl sites for hydroxylation is 1. The Balaban J connectivity index is 1.40. The minimum atomic E-state index is 0.0207. The molecule has 0 unspecified atom stereocenters. The van der Waals surface area contributed by atoms with Crippen LogP contribution in [0.5, 0.6) is 0 Å². The van der Waals surface area contributed by atoms with E-state index in [2.05, 4.69) is 69.9 Å². The molecule has 6 heteroatoms. The monoisotopic (exact) mass is 375 g/mol. The van der Waals surface area contributed by atoms with Crippen molar-refractivity contribution >= 4 is 27.2 Å². The molecule has 0 aliphatic heterocycles. The molecule has 2 heterocycles. The highest BCUT2D eigenvalue weighted by Crippen LogP contribution is 2.28. The average Bonchev–Trinajstić information content (AvgIpc) is 3.15. The van der Waals surface area contributed by atoms with Crippen LogP contribution in [0.3, 0.4) is 0 Å². The van der Waals surface area contributed by atoms with E-state index < -0.39 is 0 Å². The van der Waals surface area contributed by atoms with Gasteiger partial charge in [-0.05, 0) is 36.4 Å². The van der Waals surface area contributed by atoms with Crippen molar-refractivity contribution in [2.45, 2.75) is 19.4 Å². The number of hydrogen-bond acceptors (Lipinski definition) is 6. The minimum Gasteiger partial charge on any atom is -0.359 e. The summed E-state index contributed by atoms with van der Waals surface area (Å²) in [7, 11) is 0.